The fourth-order valence-corrected chi connectivity index (χ4v) is 11.3. The van der Waals surface area contributed by atoms with Crippen molar-refractivity contribution in [1.29, 1.82) is 0 Å². The second-order valence-electron chi connectivity index (χ2n) is 22.3. The summed E-state index contributed by atoms with van der Waals surface area (Å²) in [6.07, 6.45) is 0. The maximum absolute atomic E-state index is 2.77. The van der Waals surface area contributed by atoms with E-state index < -0.39 is 0 Å². The summed E-state index contributed by atoms with van der Waals surface area (Å²) in [6.45, 7) is 23.3. The first-order valence-electron chi connectivity index (χ1n) is 24.1. The molecule has 12 rings (SSSR count). The lowest BCUT2D eigenvalue weighted by molar-refractivity contribution is 0.589. The van der Waals surface area contributed by atoms with E-state index in [2.05, 4.69) is 253 Å². The van der Waals surface area contributed by atoms with Gasteiger partial charge in [0.15, 0.2) is 0 Å². The van der Waals surface area contributed by atoms with Crippen LogP contribution in [0.5, 0.6) is 0 Å². The summed E-state index contributed by atoms with van der Waals surface area (Å²) < 4.78 is 5.24. The molecule has 2 aliphatic heterocycles. The summed E-state index contributed by atoms with van der Waals surface area (Å²) in [5, 5.41) is 3.84. The van der Waals surface area contributed by atoms with Crippen molar-refractivity contribution in [3.8, 4) is 39.2 Å². The third-order valence-corrected chi connectivity index (χ3v) is 14.9. The van der Waals surface area contributed by atoms with Gasteiger partial charge < -0.3 is 13.9 Å². The van der Waals surface area contributed by atoms with Gasteiger partial charge in [0.2, 0.25) is 0 Å². The molecule has 0 saturated heterocycles. The van der Waals surface area contributed by atoms with E-state index in [4.69, 9.17) is 0 Å². The number of rotatable bonds is 4. The predicted octanol–water partition coefficient (Wildman–Crippen LogP) is 15.7. The van der Waals surface area contributed by atoms with Crippen molar-refractivity contribution in [1.82, 2.24) is 9.05 Å². The monoisotopic (exact) mass is 867 g/mol. The summed E-state index contributed by atoms with van der Waals surface area (Å²) in [5.74, 6) is 0. The predicted molar refractivity (Wildman–Crippen MR) is 289 cm³/mol. The third kappa shape index (κ3) is 6.25. The molecule has 4 heterocycles. The first-order chi connectivity index (χ1) is 32.1. The van der Waals surface area contributed by atoms with E-state index >= 15 is 0 Å². The quantitative estimate of drug-likeness (QED) is 0.161. The highest BCUT2D eigenvalue weighted by molar-refractivity contribution is 6.89. The van der Waals surface area contributed by atoms with E-state index in [9.17, 15) is 0 Å². The van der Waals surface area contributed by atoms with Gasteiger partial charge in [0.25, 0.3) is 0 Å². The Bertz CT molecular complexity index is 3590. The Kier molecular flexibility index (Phi) is 8.95. The van der Waals surface area contributed by atoms with Crippen LogP contribution in [0.1, 0.15) is 84.6 Å². The van der Waals surface area contributed by atoms with E-state index in [0.29, 0.717) is 0 Å². The number of benzene rings is 8. The zero-order valence-electron chi connectivity index (χ0n) is 40.6. The van der Waals surface area contributed by atoms with E-state index in [1.54, 1.807) is 0 Å². The molecule has 4 heteroatoms. The van der Waals surface area contributed by atoms with E-state index in [-0.39, 0.29) is 23.1 Å². The highest BCUT2D eigenvalue weighted by Gasteiger charge is 2.45. The molecule has 0 N–H and O–H groups in total. The summed E-state index contributed by atoms with van der Waals surface area (Å²) in [4.78, 5) is 2.61. The highest BCUT2D eigenvalue weighted by atomic mass is 15.2. The van der Waals surface area contributed by atoms with E-state index in [0.717, 1.165) is 11.4 Å². The Morgan fingerprint density at radius 2 is 1.00 bits per heavy atom. The molecule has 3 nitrogen and oxygen atoms in total. The van der Waals surface area contributed by atoms with Crippen LogP contribution >= 0.6 is 0 Å². The van der Waals surface area contributed by atoms with Crippen molar-refractivity contribution in [3.63, 3.8) is 0 Å². The average Bonchev–Trinajstić information content (AvgIpc) is 3.83. The van der Waals surface area contributed by atoms with Gasteiger partial charge >= 0.3 is 6.85 Å². The standard InChI is InChI=1S/C63H58BN3/c1-39-20-14-15-23-46(39)60-57(40-21-12-11-13-22-40)51-36-42(62(5,6)7)35-50-49-34-43(63(8,9)10)37-56-58(49)64(67(60)59(50)51)52-33-32-45(38-55(52)65(56)44-30-28-41(29-31-44)61(2,3)4)66-53-26-18-16-24-47(53)48-25-17-19-27-54(48)66/h11-38H,1-10H3. The zero-order chi connectivity index (χ0) is 46.3. The summed E-state index contributed by atoms with van der Waals surface area (Å²) in [5.41, 5.74) is 23.9. The van der Waals surface area contributed by atoms with Crippen LogP contribution in [0, 0.1) is 6.92 Å². The maximum Gasteiger partial charge on any atom is 0.333 e. The Morgan fingerprint density at radius 3 is 1.64 bits per heavy atom. The van der Waals surface area contributed by atoms with Gasteiger partial charge in [-0.3, -0.25) is 0 Å². The lowest BCUT2D eigenvalue weighted by atomic mass is 9.44. The molecule has 0 aliphatic carbocycles. The van der Waals surface area contributed by atoms with Crippen molar-refractivity contribution in [2.45, 2.75) is 85.5 Å². The highest BCUT2D eigenvalue weighted by Crippen LogP contribution is 2.52. The number of hydrogen-bond acceptors (Lipinski definition) is 1. The topological polar surface area (TPSA) is 13.1 Å². The Hall–Kier alpha value is -7.04. The number of para-hydroxylation sites is 2. The average molecular weight is 868 g/mol. The molecule has 10 aromatic rings. The number of aromatic nitrogens is 2. The first-order valence-corrected chi connectivity index (χ1v) is 24.1. The Morgan fingerprint density at radius 1 is 0.433 bits per heavy atom. The van der Waals surface area contributed by atoms with Crippen molar-refractivity contribution in [2.75, 3.05) is 4.90 Å². The molecular weight excluding hydrogens is 810 g/mol. The van der Waals surface area contributed by atoms with Gasteiger partial charge in [-0.05, 0) is 122 Å². The molecular formula is C63H58BN3. The second-order valence-corrected chi connectivity index (χ2v) is 22.3. The van der Waals surface area contributed by atoms with Gasteiger partial charge in [0.05, 0.1) is 11.0 Å². The summed E-state index contributed by atoms with van der Waals surface area (Å²) in [7, 11) is 0. The normalized spacial score (nSPS) is 13.5. The van der Waals surface area contributed by atoms with Crippen molar-refractivity contribution < 1.29 is 0 Å². The lowest BCUT2D eigenvalue weighted by Gasteiger charge is -2.42. The molecule has 2 aliphatic rings. The number of hydrogen-bond donors (Lipinski definition) is 0. The molecule has 0 unspecified atom stereocenters. The minimum Gasteiger partial charge on any atom is -0.375 e. The summed E-state index contributed by atoms with van der Waals surface area (Å²) in [6, 6.07) is 64.9. The molecule has 67 heavy (non-hydrogen) atoms. The lowest BCUT2D eigenvalue weighted by Crippen LogP contribution is -2.57. The minimum atomic E-state index is -0.117. The molecule has 0 spiro atoms. The van der Waals surface area contributed by atoms with Crippen molar-refractivity contribution in [3.05, 3.63) is 192 Å². The molecule has 8 aromatic carbocycles. The van der Waals surface area contributed by atoms with Crippen LogP contribution in [-0.2, 0) is 16.2 Å². The zero-order valence-corrected chi connectivity index (χ0v) is 40.6. The van der Waals surface area contributed by atoms with Gasteiger partial charge in [0, 0.05) is 66.8 Å². The molecule has 0 radical (unpaired) electrons. The minimum absolute atomic E-state index is 0.0230. The van der Waals surface area contributed by atoms with Crippen LogP contribution < -0.4 is 15.8 Å². The van der Waals surface area contributed by atoms with Crippen LogP contribution in [0.2, 0.25) is 0 Å². The fraction of sp³-hybridized carbons (Fsp3) is 0.206. The smallest absolute Gasteiger partial charge is 0.333 e. The van der Waals surface area contributed by atoms with Crippen LogP contribution in [0.25, 0.3) is 71.9 Å². The first kappa shape index (κ1) is 41.4. The van der Waals surface area contributed by atoms with Gasteiger partial charge in [-0.25, -0.2) is 0 Å². The van der Waals surface area contributed by atoms with Crippen LogP contribution in [-0.4, -0.2) is 15.9 Å². The van der Waals surface area contributed by atoms with Crippen LogP contribution in [0.3, 0.4) is 0 Å². The number of anilines is 3. The molecule has 0 bridgehead atoms. The Labute approximate surface area is 396 Å². The fourth-order valence-electron chi connectivity index (χ4n) is 11.3. The van der Waals surface area contributed by atoms with Crippen molar-refractivity contribution >= 4 is 67.5 Å². The summed E-state index contributed by atoms with van der Waals surface area (Å²) >= 11 is 0. The molecule has 2 aromatic heterocycles. The number of aryl methyl sites for hydroxylation is 1. The molecule has 0 fully saturated rings. The van der Waals surface area contributed by atoms with Gasteiger partial charge in [-0.15, -0.1) is 0 Å². The molecule has 328 valence electrons. The van der Waals surface area contributed by atoms with E-state index in [1.165, 1.54) is 111 Å². The van der Waals surface area contributed by atoms with Gasteiger partial charge in [0.1, 0.15) is 0 Å². The number of fused-ring (bicyclic) bond motifs is 7. The van der Waals surface area contributed by atoms with Crippen molar-refractivity contribution in [2.24, 2.45) is 0 Å². The number of nitrogens with zero attached hydrogens (tertiary/aromatic N) is 3. The largest absolute Gasteiger partial charge is 0.375 e. The van der Waals surface area contributed by atoms with Gasteiger partial charge in [-0.1, -0.05) is 178 Å². The van der Waals surface area contributed by atoms with Crippen LogP contribution in [0.15, 0.2) is 170 Å². The molecule has 0 amide bonds. The molecule has 0 saturated carbocycles. The maximum atomic E-state index is 2.77. The Balaban J connectivity index is 1.27. The second kappa shape index (κ2) is 14.5. The van der Waals surface area contributed by atoms with Crippen LogP contribution in [0.4, 0.5) is 17.1 Å². The van der Waals surface area contributed by atoms with E-state index in [1.807, 2.05) is 0 Å². The molecule has 0 atom stereocenters. The SMILES string of the molecule is Cc1ccccc1-c1c(-c2ccccc2)c2cc(C(C)(C)C)cc3c2n1B1c2ccc(-n4c5ccccc5c5ccccc54)cc2N(c2ccc(C(C)(C)C)cc2)c2cc(C(C)(C)C)cc-3c21. The van der Waals surface area contributed by atoms with Gasteiger partial charge in [-0.2, -0.15) is 0 Å². The third-order valence-electron chi connectivity index (χ3n) is 14.9.